The van der Waals surface area contributed by atoms with Gasteiger partial charge in [0.2, 0.25) is 0 Å². The van der Waals surface area contributed by atoms with E-state index in [-0.39, 0.29) is 0 Å². The van der Waals surface area contributed by atoms with Gasteiger partial charge < -0.3 is 10.1 Å². The maximum Gasteiger partial charge on any atom is 0.0635 e. The second kappa shape index (κ2) is 6.32. The van der Waals surface area contributed by atoms with Crippen LogP contribution in [0.2, 0.25) is 0 Å². The lowest BCUT2D eigenvalue weighted by Crippen LogP contribution is -2.49. The molecule has 1 unspecified atom stereocenters. The first kappa shape index (κ1) is 13.5. The molecule has 1 aromatic carbocycles. The quantitative estimate of drug-likeness (QED) is 0.878. The molecule has 0 saturated carbocycles. The Morgan fingerprint density at radius 1 is 1.28 bits per heavy atom. The van der Waals surface area contributed by atoms with Crippen LogP contribution in [0.4, 0.5) is 0 Å². The highest BCUT2D eigenvalue weighted by atomic mass is 16.5. The second-order valence-corrected chi connectivity index (χ2v) is 5.25. The van der Waals surface area contributed by atoms with Crippen LogP contribution in [-0.2, 0) is 11.3 Å². The average Bonchev–Trinajstić information content (AvgIpc) is 2.30. The third-order valence-electron chi connectivity index (χ3n) is 3.46. The molecule has 3 heteroatoms. The Morgan fingerprint density at radius 2 is 2.00 bits per heavy atom. The van der Waals surface area contributed by atoms with Crippen LogP contribution < -0.4 is 5.32 Å². The Hall–Kier alpha value is -0.900. The van der Waals surface area contributed by atoms with Crippen molar-refractivity contribution in [2.75, 3.05) is 33.4 Å². The van der Waals surface area contributed by atoms with E-state index in [1.807, 2.05) is 7.05 Å². The predicted octanol–water partition coefficient (Wildman–Crippen LogP) is 1.72. The Kier molecular flexibility index (Phi) is 4.75. The molecule has 0 aromatic heterocycles. The van der Waals surface area contributed by atoms with Crippen molar-refractivity contribution in [3.63, 3.8) is 0 Å². The summed E-state index contributed by atoms with van der Waals surface area (Å²) in [4.78, 5) is 2.52. The molecule has 2 rings (SSSR count). The summed E-state index contributed by atoms with van der Waals surface area (Å²) in [5.74, 6) is 0. The van der Waals surface area contributed by atoms with Crippen molar-refractivity contribution in [1.82, 2.24) is 10.2 Å². The Bertz CT molecular complexity index is 370. The molecule has 1 aliphatic heterocycles. The van der Waals surface area contributed by atoms with Gasteiger partial charge in [0.25, 0.3) is 0 Å². The van der Waals surface area contributed by atoms with Gasteiger partial charge in [0.1, 0.15) is 0 Å². The van der Waals surface area contributed by atoms with E-state index in [1.165, 1.54) is 16.7 Å². The third-order valence-corrected chi connectivity index (χ3v) is 3.46. The summed E-state index contributed by atoms with van der Waals surface area (Å²) in [5.41, 5.74) is 4.11. The number of ether oxygens (including phenoxy) is 1. The average molecular weight is 248 g/mol. The molecule has 0 spiro atoms. The number of rotatable bonds is 4. The zero-order valence-corrected chi connectivity index (χ0v) is 11.7. The van der Waals surface area contributed by atoms with E-state index < -0.39 is 0 Å². The first-order valence-electron chi connectivity index (χ1n) is 6.72. The molecule has 100 valence electrons. The van der Waals surface area contributed by atoms with Crippen molar-refractivity contribution >= 4 is 0 Å². The van der Waals surface area contributed by atoms with Crippen molar-refractivity contribution in [2.45, 2.75) is 26.4 Å². The zero-order chi connectivity index (χ0) is 13.0. The molecule has 1 heterocycles. The highest BCUT2D eigenvalue weighted by molar-refractivity contribution is 5.28. The summed E-state index contributed by atoms with van der Waals surface area (Å²) < 4.78 is 5.57. The number of nitrogens with one attached hydrogen (secondary N) is 1. The van der Waals surface area contributed by atoms with E-state index in [0.29, 0.717) is 6.04 Å². The largest absolute Gasteiger partial charge is 0.378 e. The normalized spacial score (nSPS) is 21.2. The molecule has 0 radical (unpaired) electrons. The van der Waals surface area contributed by atoms with Gasteiger partial charge in [0, 0.05) is 25.7 Å². The maximum atomic E-state index is 5.57. The summed E-state index contributed by atoms with van der Waals surface area (Å²) in [7, 11) is 2.00. The number of aryl methyl sites for hydroxylation is 2. The van der Waals surface area contributed by atoms with Crippen LogP contribution in [0.15, 0.2) is 18.2 Å². The number of benzene rings is 1. The predicted molar refractivity (Wildman–Crippen MR) is 74.9 cm³/mol. The lowest BCUT2D eigenvalue weighted by molar-refractivity contribution is -0.0103. The fourth-order valence-electron chi connectivity index (χ4n) is 2.72. The van der Waals surface area contributed by atoms with Crippen LogP contribution in [0.5, 0.6) is 0 Å². The van der Waals surface area contributed by atoms with Crippen LogP contribution in [-0.4, -0.2) is 44.3 Å². The lowest BCUT2D eigenvalue weighted by atomic mass is 10.1. The molecule has 1 aliphatic rings. The number of hydrogen-bond acceptors (Lipinski definition) is 3. The first-order chi connectivity index (χ1) is 8.69. The minimum atomic E-state index is 0.490. The fraction of sp³-hybridized carbons (Fsp3) is 0.600. The van der Waals surface area contributed by atoms with Gasteiger partial charge in [0.05, 0.1) is 13.2 Å². The zero-order valence-electron chi connectivity index (χ0n) is 11.7. The van der Waals surface area contributed by atoms with Gasteiger partial charge in [-0.1, -0.05) is 29.3 Å². The highest BCUT2D eigenvalue weighted by Crippen LogP contribution is 2.15. The molecule has 1 aromatic rings. The molecule has 1 fully saturated rings. The number of hydrogen-bond donors (Lipinski definition) is 1. The van der Waals surface area contributed by atoms with E-state index in [1.54, 1.807) is 0 Å². The number of nitrogens with zero attached hydrogens (tertiary/aromatic N) is 1. The van der Waals surface area contributed by atoms with E-state index >= 15 is 0 Å². The van der Waals surface area contributed by atoms with Gasteiger partial charge in [0.15, 0.2) is 0 Å². The molecular weight excluding hydrogens is 224 g/mol. The van der Waals surface area contributed by atoms with Gasteiger partial charge in [-0.3, -0.25) is 4.90 Å². The van der Waals surface area contributed by atoms with Gasteiger partial charge >= 0.3 is 0 Å². The van der Waals surface area contributed by atoms with Crippen molar-refractivity contribution in [3.8, 4) is 0 Å². The lowest BCUT2D eigenvalue weighted by Gasteiger charge is -2.35. The van der Waals surface area contributed by atoms with Crippen LogP contribution in [0.3, 0.4) is 0 Å². The standard InChI is InChI=1S/C15H24N2O/c1-12-6-13(2)8-14(7-12)10-17-4-5-18-11-15(17)9-16-3/h6-8,15-16H,4-5,9-11H2,1-3H3. The smallest absolute Gasteiger partial charge is 0.0635 e. The van der Waals surface area contributed by atoms with Gasteiger partial charge in [-0.05, 0) is 26.5 Å². The number of likely N-dealkylation sites (N-methyl/N-ethyl adjacent to an activating group) is 1. The van der Waals surface area contributed by atoms with E-state index in [4.69, 9.17) is 4.74 Å². The maximum absolute atomic E-state index is 5.57. The fourth-order valence-corrected chi connectivity index (χ4v) is 2.72. The SMILES string of the molecule is CNCC1COCCN1Cc1cc(C)cc(C)c1. The van der Waals surface area contributed by atoms with Gasteiger partial charge in [-0.2, -0.15) is 0 Å². The molecule has 18 heavy (non-hydrogen) atoms. The van der Waals surface area contributed by atoms with Crippen molar-refractivity contribution < 1.29 is 4.74 Å². The van der Waals surface area contributed by atoms with E-state index in [0.717, 1.165) is 32.8 Å². The molecule has 1 N–H and O–H groups in total. The third kappa shape index (κ3) is 3.55. The van der Waals surface area contributed by atoms with Gasteiger partial charge in [-0.15, -0.1) is 0 Å². The van der Waals surface area contributed by atoms with Crippen molar-refractivity contribution in [3.05, 3.63) is 34.9 Å². The highest BCUT2D eigenvalue weighted by Gasteiger charge is 2.22. The summed E-state index contributed by atoms with van der Waals surface area (Å²) >= 11 is 0. The molecule has 0 amide bonds. The Labute approximate surface area is 110 Å². The molecule has 3 nitrogen and oxygen atoms in total. The topological polar surface area (TPSA) is 24.5 Å². The van der Waals surface area contributed by atoms with Crippen LogP contribution in [0.25, 0.3) is 0 Å². The van der Waals surface area contributed by atoms with Crippen molar-refractivity contribution in [1.29, 1.82) is 0 Å². The molecular formula is C15H24N2O. The van der Waals surface area contributed by atoms with E-state index in [2.05, 4.69) is 42.3 Å². The van der Waals surface area contributed by atoms with Crippen LogP contribution in [0, 0.1) is 13.8 Å². The van der Waals surface area contributed by atoms with Crippen LogP contribution in [0.1, 0.15) is 16.7 Å². The summed E-state index contributed by atoms with van der Waals surface area (Å²) in [5, 5.41) is 3.25. The Morgan fingerprint density at radius 3 is 2.67 bits per heavy atom. The summed E-state index contributed by atoms with van der Waals surface area (Å²) in [6.45, 7) is 9.07. The van der Waals surface area contributed by atoms with E-state index in [9.17, 15) is 0 Å². The van der Waals surface area contributed by atoms with Gasteiger partial charge in [-0.25, -0.2) is 0 Å². The Balaban J connectivity index is 2.05. The molecule has 1 atom stereocenters. The summed E-state index contributed by atoms with van der Waals surface area (Å²) in [6.07, 6.45) is 0. The number of morpholine rings is 1. The first-order valence-corrected chi connectivity index (χ1v) is 6.72. The van der Waals surface area contributed by atoms with Crippen molar-refractivity contribution in [2.24, 2.45) is 0 Å². The summed E-state index contributed by atoms with van der Waals surface area (Å²) in [6, 6.07) is 7.30. The molecule has 1 saturated heterocycles. The van der Waals surface area contributed by atoms with Crippen LogP contribution >= 0.6 is 0 Å². The minimum absolute atomic E-state index is 0.490. The monoisotopic (exact) mass is 248 g/mol. The minimum Gasteiger partial charge on any atom is -0.378 e. The molecule has 0 aliphatic carbocycles. The molecule has 0 bridgehead atoms. The second-order valence-electron chi connectivity index (χ2n) is 5.25.